The van der Waals surface area contributed by atoms with Gasteiger partial charge in [-0.1, -0.05) is 22.8 Å². The molecule has 0 spiro atoms. The van der Waals surface area contributed by atoms with Gasteiger partial charge in [-0.05, 0) is 12.3 Å². The maximum atomic E-state index is 13.5. The fourth-order valence-electron chi connectivity index (χ4n) is 1.85. The minimum atomic E-state index is -4.76. The highest BCUT2D eigenvalue weighted by atomic mass is 32.2. The van der Waals surface area contributed by atoms with Crippen LogP contribution >= 0.6 is 0 Å². The lowest BCUT2D eigenvalue weighted by Crippen LogP contribution is -2.38. The summed E-state index contributed by atoms with van der Waals surface area (Å²) in [7, 11) is -1.23. The summed E-state index contributed by atoms with van der Waals surface area (Å²) in [5.74, 6) is -11.2. The molecule has 8 heteroatoms. The number of nitrogens with zero attached hydrogens (tertiary/aromatic N) is 2. The van der Waals surface area contributed by atoms with Gasteiger partial charge in [-0.15, -0.1) is 4.36 Å². The predicted octanol–water partition coefficient (Wildman–Crippen LogP) is 2.88. The molecule has 2 rings (SSSR count). The molecule has 0 saturated carbocycles. The summed E-state index contributed by atoms with van der Waals surface area (Å²) in [6.07, 6.45) is 2.85. The lowest BCUT2D eigenvalue weighted by Gasteiger charge is -2.16. The Morgan fingerprint density at radius 1 is 1.26 bits per heavy atom. The Morgan fingerprint density at radius 2 is 1.89 bits per heavy atom. The largest absolute Gasteiger partial charge is 0.376 e. The van der Waals surface area contributed by atoms with Crippen molar-refractivity contribution in [1.29, 1.82) is 5.26 Å². The highest BCUT2D eigenvalue weighted by Gasteiger charge is 2.69. The second-order valence-electron chi connectivity index (χ2n) is 3.83. The molecule has 3 nitrogen and oxygen atoms in total. The van der Waals surface area contributed by atoms with Gasteiger partial charge < -0.3 is 0 Å². The van der Waals surface area contributed by atoms with Gasteiger partial charge in [0.25, 0.3) is 0 Å². The standard InChI is InChI=1S/C11H6F4N2OS/c1-19(17-5-16)7-4-2-3-6-8(7)9(18)11(14,15)10(6,12)13/h2-4H,1H3. The highest BCUT2D eigenvalue weighted by Crippen LogP contribution is 2.52. The maximum absolute atomic E-state index is 13.5. The molecule has 0 radical (unpaired) electrons. The van der Waals surface area contributed by atoms with Crippen LogP contribution in [0.1, 0.15) is 15.9 Å². The minimum absolute atomic E-state index is 0.0686. The number of hydrogen-bond donors (Lipinski definition) is 0. The molecule has 1 aliphatic carbocycles. The smallest absolute Gasteiger partial charge is 0.287 e. The van der Waals surface area contributed by atoms with Crippen molar-refractivity contribution in [2.45, 2.75) is 16.7 Å². The van der Waals surface area contributed by atoms with Crippen LogP contribution in [0.15, 0.2) is 27.5 Å². The number of Topliss-reactive ketones (excluding diaryl/α,β-unsaturated/α-hetero) is 1. The zero-order valence-corrected chi connectivity index (χ0v) is 10.3. The van der Waals surface area contributed by atoms with Crippen LogP contribution in [0.3, 0.4) is 0 Å². The molecule has 1 atom stereocenters. The lowest BCUT2D eigenvalue weighted by molar-refractivity contribution is -0.176. The summed E-state index contributed by atoms with van der Waals surface area (Å²) in [5, 5.41) is 8.43. The summed E-state index contributed by atoms with van der Waals surface area (Å²) in [4.78, 5) is 11.4. The molecule has 0 saturated heterocycles. The first-order valence-corrected chi connectivity index (χ1v) is 6.54. The maximum Gasteiger partial charge on any atom is 0.376 e. The third kappa shape index (κ3) is 1.69. The first-order chi connectivity index (χ1) is 8.75. The van der Waals surface area contributed by atoms with Gasteiger partial charge in [-0.3, -0.25) is 4.79 Å². The number of carbonyl (C=O) groups is 1. The average molecular weight is 290 g/mol. The third-order valence-corrected chi connectivity index (χ3v) is 4.10. The van der Waals surface area contributed by atoms with Gasteiger partial charge in [0.15, 0.2) is 0 Å². The molecule has 0 N–H and O–H groups in total. The van der Waals surface area contributed by atoms with Crippen LogP contribution in [0, 0.1) is 11.5 Å². The molecule has 0 aliphatic heterocycles. The van der Waals surface area contributed by atoms with E-state index in [9.17, 15) is 22.4 Å². The van der Waals surface area contributed by atoms with Crippen LogP contribution in [0.5, 0.6) is 0 Å². The van der Waals surface area contributed by atoms with E-state index in [1.807, 2.05) is 0 Å². The van der Waals surface area contributed by atoms with Crippen molar-refractivity contribution < 1.29 is 22.4 Å². The van der Waals surface area contributed by atoms with Crippen LogP contribution in [0.25, 0.3) is 0 Å². The summed E-state index contributed by atoms with van der Waals surface area (Å²) < 4.78 is 57.1. The fourth-order valence-corrected chi connectivity index (χ4v) is 2.85. The third-order valence-electron chi connectivity index (χ3n) is 2.77. The number of ketones is 1. The van der Waals surface area contributed by atoms with Crippen molar-refractivity contribution in [2.75, 3.05) is 6.26 Å². The topological polar surface area (TPSA) is 53.2 Å². The normalized spacial score (nSPS) is 20.9. The van der Waals surface area contributed by atoms with E-state index in [0.29, 0.717) is 0 Å². The van der Waals surface area contributed by atoms with Gasteiger partial charge in [0.1, 0.15) is 0 Å². The average Bonchev–Trinajstić information content (AvgIpc) is 2.49. The van der Waals surface area contributed by atoms with E-state index in [1.54, 1.807) is 0 Å². The van der Waals surface area contributed by atoms with Crippen LogP contribution < -0.4 is 0 Å². The molecule has 19 heavy (non-hydrogen) atoms. The van der Waals surface area contributed by atoms with Crippen molar-refractivity contribution in [2.24, 2.45) is 4.36 Å². The molecule has 100 valence electrons. The van der Waals surface area contributed by atoms with E-state index in [1.165, 1.54) is 18.5 Å². The van der Waals surface area contributed by atoms with Gasteiger partial charge in [0.2, 0.25) is 12.0 Å². The number of nitriles is 1. The van der Waals surface area contributed by atoms with E-state index >= 15 is 0 Å². The van der Waals surface area contributed by atoms with Gasteiger partial charge in [0.05, 0.1) is 0 Å². The number of benzene rings is 1. The molecular formula is C11H6F4N2OS. The zero-order valence-electron chi connectivity index (χ0n) is 9.45. The molecule has 1 aromatic carbocycles. The zero-order chi connectivity index (χ0) is 14.4. The first-order valence-electron chi connectivity index (χ1n) is 4.95. The number of carbonyl (C=O) groups excluding carboxylic acids is 1. The molecule has 1 aromatic rings. The van der Waals surface area contributed by atoms with Crippen LogP contribution in [0.4, 0.5) is 17.6 Å². The molecule has 0 bridgehead atoms. The Balaban J connectivity index is 2.78. The van der Waals surface area contributed by atoms with Crippen molar-refractivity contribution in [1.82, 2.24) is 0 Å². The van der Waals surface area contributed by atoms with Crippen molar-refractivity contribution in [3.63, 3.8) is 0 Å². The molecule has 1 unspecified atom stereocenters. The lowest BCUT2D eigenvalue weighted by atomic mass is 10.1. The SMILES string of the molecule is CS(=NC#N)c1cccc2c1C(=O)C(F)(F)C2(F)F. The molecule has 0 amide bonds. The monoisotopic (exact) mass is 290 g/mol. The van der Waals surface area contributed by atoms with E-state index in [4.69, 9.17) is 5.26 Å². The molecule has 0 heterocycles. The van der Waals surface area contributed by atoms with Gasteiger partial charge in [-0.25, -0.2) is 0 Å². The number of rotatable bonds is 1. The molecule has 0 fully saturated rings. The van der Waals surface area contributed by atoms with Crippen molar-refractivity contribution >= 4 is 16.5 Å². The van der Waals surface area contributed by atoms with Crippen LogP contribution in [0.2, 0.25) is 0 Å². The number of alkyl halides is 4. The highest BCUT2D eigenvalue weighted by molar-refractivity contribution is 7.86. The second-order valence-corrected chi connectivity index (χ2v) is 5.40. The fraction of sp³-hybridized carbons (Fsp3) is 0.273. The molecule has 0 aromatic heterocycles. The summed E-state index contributed by atoms with van der Waals surface area (Å²) in [6, 6.07) is 3.19. The van der Waals surface area contributed by atoms with E-state index < -0.39 is 39.4 Å². The van der Waals surface area contributed by atoms with E-state index in [2.05, 4.69) is 4.36 Å². The van der Waals surface area contributed by atoms with Crippen LogP contribution in [-0.2, 0) is 16.6 Å². The molecule has 1 aliphatic rings. The molecular weight excluding hydrogens is 284 g/mol. The van der Waals surface area contributed by atoms with E-state index in [-0.39, 0.29) is 4.90 Å². The van der Waals surface area contributed by atoms with E-state index in [0.717, 1.165) is 12.1 Å². The Bertz CT molecular complexity index is 649. The van der Waals surface area contributed by atoms with Crippen molar-refractivity contribution in [3.8, 4) is 6.19 Å². The van der Waals surface area contributed by atoms with Crippen molar-refractivity contribution in [3.05, 3.63) is 29.3 Å². The summed E-state index contributed by atoms with van der Waals surface area (Å²) in [5.41, 5.74) is -1.73. The summed E-state index contributed by atoms with van der Waals surface area (Å²) in [6.45, 7) is 0. The van der Waals surface area contributed by atoms with Gasteiger partial charge in [0, 0.05) is 16.0 Å². The van der Waals surface area contributed by atoms with Crippen LogP contribution in [-0.4, -0.2) is 18.0 Å². The second kappa shape index (κ2) is 4.13. The Hall–Kier alpha value is -1.75. The number of hydrogen-bond acceptors (Lipinski definition) is 3. The number of halogens is 4. The summed E-state index contributed by atoms with van der Waals surface area (Å²) >= 11 is 0. The Morgan fingerprint density at radius 3 is 2.47 bits per heavy atom. The Labute approximate surface area is 107 Å². The minimum Gasteiger partial charge on any atom is -0.287 e. The van der Waals surface area contributed by atoms with Gasteiger partial charge >= 0.3 is 11.8 Å². The predicted molar refractivity (Wildman–Crippen MR) is 59.2 cm³/mol. The first kappa shape index (κ1) is 13.7. The van der Waals surface area contributed by atoms with Gasteiger partial charge in [-0.2, -0.15) is 22.8 Å². The quantitative estimate of drug-likeness (QED) is 0.590. The Kier molecular flexibility index (Phi) is 2.97. The number of fused-ring (bicyclic) bond motifs is 1.